The minimum Gasteiger partial charge on any atom is -0.457 e. The minimum atomic E-state index is -0.0211. The van der Waals surface area contributed by atoms with E-state index in [4.69, 9.17) is 27.6 Å². The lowest BCUT2D eigenvalue weighted by Crippen LogP contribution is -2.33. The molecule has 0 spiro atoms. The molecule has 0 saturated heterocycles. The van der Waals surface area contributed by atoms with Gasteiger partial charge in [0, 0.05) is 19.2 Å². The number of rotatable bonds is 2. The second-order valence-electron chi connectivity index (χ2n) is 5.38. The van der Waals surface area contributed by atoms with Gasteiger partial charge in [0.05, 0.1) is 20.1 Å². The van der Waals surface area contributed by atoms with Crippen molar-refractivity contribution in [1.29, 1.82) is 0 Å². The monoisotopic (exact) mass is 378 g/mol. The number of benzene rings is 1. The number of aromatic nitrogens is 1. The Kier molecular flexibility index (Phi) is 4.08. The Morgan fingerprint density at radius 1 is 1.21 bits per heavy atom. The van der Waals surface area contributed by atoms with E-state index in [1.807, 2.05) is 0 Å². The number of hydrogen-bond donors (Lipinski definition) is 0. The number of furan rings is 1. The molecule has 4 rings (SSSR count). The van der Waals surface area contributed by atoms with Crippen molar-refractivity contribution in [1.82, 2.24) is 4.57 Å². The van der Waals surface area contributed by atoms with Gasteiger partial charge in [-0.3, -0.25) is 14.4 Å². The van der Waals surface area contributed by atoms with E-state index in [-0.39, 0.29) is 5.56 Å². The molecular weight excluding hydrogens is 367 g/mol. The molecule has 0 N–H and O–H groups in total. The maximum atomic E-state index is 12.4. The first-order valence-electron chi connectivity index (χ1n) is 7.43. The van der Waals surface area contributed by atoms with Gasteiger partial charge in [-0.2, -0.15) is 0 Å². The van der Waals surface area contributed by atoms with Crippen molar-refractivity contribution >= 4 is 40.6 Å². The van der Waals surface area contributed by atoms with Crippen molar-refractivity contribution in [2.45, 2.75) is 13.0 Å². The van der Waals surface area contributed by atoms with Gasteiger partial charge in [-0.05, 0) is 30.7 Å². The van der Waals surface area contributed by atoms with Crippen molar-refractivity contribution in [3.8, 4) is 11.3 Å². The van der Waals surface area contributed by atoms with E-state index in [9.17, 15) is 4.79 Å². The highest BCUT2D eigenvalue weighted by Gasteiger charge is 2.13. The summed E-state index contributed by atoms with van der Waals surface area (Å²) in [5, 5.41) is 1.04. The zero-order chi connectivity index (χ0) is 16.7. The summed E-state index contributed by atoms with van der Waals surface area (Å²) in [6, 6.07) is 8.90. The molecule has 0 bridgehead atoms. The summed E-state index contributed by atoms with van der Waals surface area (Å²) in [7, 11) is 0. The zero-order valence-corrected chi connectivity index (χ0v) is 14.8. The predicted octanol–water partition coefficient (Wildman–Crippen LogP) is 3.33. The van der Waals surface area contributed by atoms with E-state index in [1.165, 1.54) is 11.3 Å². The zero-order valence-electron chi connectivity index (χ0n) is 12.5. The number of halogens is 2. The van der Waals surface area contributed by atoms with Gasteiger partial charge >= 0.3 is 0 Å². The van der Waals surface area contributed by atoms with Gasteiger partial charge in [0.1, 0.15) is 11.5 Å². The fourth-order valence-electron chi connectivity index (χ4n) is 2.65. The maximum absolute atomic E-state index is 12.4. The summed E-state index contributed by atoms with van der Waals surface area (Å²) in [5.41, 5.74) is 0.629. The van der Waals surface area contributed by atoms with Crippen LogP contribution < -0.4 is 14.9 Å². The minimum absolute atomic E-state index is 0.0211. The molecule has 122 valence electrons. The molecule has 3 aromatic rings. The van der Waals surface area contributed by atoms with Crippen LogP contribution in [0.4, 0.5) is 0 Å². The lowest BCUT2D eigenvalue weighted by Gasteiger charge is -2.03. The van der Waals surface area contributed by atoms with Crippen molar-refractivity contribution < 1.29 is 4.42 Å². The molecule has 1 aliphatic heterocycles. The molecule has 24 heavy (non-hydrogen) atoms. The Bertz CT molecular complexity index is 1070. The van der Waals surface area contributed by atoms with Crippen molar-refractivity contribution in [3.63, 3.8) is 0 Å². The summed E-state index contributed by atoms with van der Waals surface area (Å²) >= 11 is 13.8. The first-order valence-corrected chi connectivity index (χ1v) is 9.01. The fourth-order valence-corrected chi connectivity index (χ4v) is 4.25. The average molecular weight is 379 g/mol. The van der Waals surface area contributed by atoms with E-state index in [2.05, 4.69) is 4.99 Å². The molecule has 4 nitrogen and oxygen atoms in total. The largest absolute Gasteiger partial charge is 0.457 e. The van der Waals surface area contributed by atoms with Crippen LogP contribution in [0.2, 0.25) is 10.0 Å². The topological polar surface area (TPSA) is 47.5 Å². The Labute approximate surface area is 151 Å². The van der Waals surface area contributed by atoms with Crippen LogP contribution in [0.1, 0.15) is 12.2 Å². The number of nitrogens with zero attached hydrogens (tertiary/aromatic N) is 2. The molecule has 0 fully saturated rings. The quantitative estimate of drug-likeness (QED) is 0.686. The Hall–Kier alpha value is -1.82. The SMILES string of the molecule is O=c1/c(=C/c2ccc(-c3c(Cl)cccc3Cl)o2)sc2n1CCCN=2. The van der Waals surface area contributed by atoms with Crippen molar-refractivity contribution in [2.24, 2.45) is 4.99 Å². The maximum Gasteiger partial charge on any atom is 0.270 e. The smallest absolute Gasteiger partial charge is 0.270 e. The number of fused-ring (bicyclic) bond motifs is 1. The second kappa shape index (κ2) is 6.24. The molecule has 3 heterocycles. The summed E-state index contributed by atoms with van der Waals surface area (Å²) in [4.78, 5) is 17.6. The third-order valence-corrected chi connectivity index (χ3v) is 5.46. The van der Waals surface area contributed by atoms with Gasteiger partial charge in [-0.15, -0.1) is 0 Å². The molecule has 7 heteroatoms. The van der Waals surface area contributed by atoms with Crippen LogP contribution in [0.15, 0.2) is 44.5 Å². The molecule has 0 amide bonds. The van der Waals surface area contributed by atoms with E-state index >= 15 is 0 Å². The molecule has 0 unspecified atom stereocenters. The lowest BCUT2D eigenvalue weighted by molar-refractivity contribution is 0.568. The van der Waals surface area contributed by atoms with Gasteiger partial charge in [0.2, 0.25) is 0 Å². The highest BCUT2D eigenvalue weighted by atomic mass is 35.5. The summed E-state index contributed by atoms with van der Waals surface area (Å²) in [6.45, 7) is 1.50. The lowest BCUT2D eigenvalue weighted by atomic mass is 10.2. The molecule has 0 atom stereocenters. The van der Waals surface area contributed by atoms with Crippen LogP contribution >= 0.6 is 34.5 Å². The van der Waals surface area contributed by atoms with Crippen molar-refractivity contribution in [2.75, 3.05) is 6.54 Å². The first kappa shape index (κ1) is 15.7. The highest BCUT2D eigenvalue weighted by Crippen LogP contribution is 2.35. The molecule has 0 radical (unpaired) electrons. The van der Waals surface area contributed by atoms with E-state index in [0.29, 0.717) is 31.7 Å². The molecule has 1 aromatic carbocycles. The average Bonchev–Trinajstić information content (AvgIpc) is 3.14. The van der Waals surface area contributed by atoms with Crippen LogP contribution in [-0.4, -0.2) is 11.1 Å². The van der Waals surface area contributed by atoms with Gasteiger partial charge in [0.15, 0.2) is 4.80 Å². The van der Waals surface area contributed by atoms with Crippen LogP contribution in [0, 0.1) is 0 Å². The molecule has 0 saturated carbocycles. The highest BCUT2D eigenvalue weighted by molar-refractivity contribution is 7.07. The summed E-state index contributed by atoms with van der Waals surface area (Å²) in [5.74, 6) is 1.15. The van der Waals surface area contributed by atoms with E-state index in [0.717, 1.165) is 24.3 Å². The fraction of sp³-hybridized carbons (Fsp3) is 0.176. The molecule has 2 aromatic heterocycles. The molecule has 0 aliphatic carbocycles. The number of hydrogen-bond acceptors (Lipinski definition) is 4. The van der Waals surface area contributed by atoms with Gasteiger partial charge in [0.25, 0.3) is 5.56 Å². The normalized spacial score (nSPS) is 14.5. The first-order chi connectivity index (χ1) is 11.6. The third kappa shape index (κ3) is 2.73. The Morgan fingerprint density at radius 3 is 2.75 bits per heavy atom. The van der Waals surface area contributed by atoms with Gasteiger partial charge in [-0.25, -0.2) is 0 Å². The summed E-state index contributed by atoms with van der Waals surface area (Å²) < 4.78 is 8.16. The molecular formula is C17H12Cl2N2O2S. The van der Waals surface area contributed by atoms with Crippen LogP contribution in [0.3, 0.4) is 0 Å². The molecule has 1 aliphatic rings. The van der Waals surface area contributed by atoms with Crippen LogP contribution in [0.5, 0.6) is 0 Å². The number of thiazole rings is 1. The third-order valence-electron chi connectivity index (χ3n) is 3.78. The van der Waals surface area contributed by atoms with Crippen molar-refractivity contribution in [3.05, 3.63) is 65.8 Å². The van der Waals surface area contributed by atoms with Crippen LogP contribution in [-0.2, 0) is 6.54 Å². The van der Waals surface area contributed by atoms with E-state index in [1.54, 1.807) is 41.0 Å². The second-order valence-corrected chi connectivity index (χ2v) is 7.21. The van der Waals surface area contributed by atoms with Gasteiger partial charge < -0.3 is 4.42 Å². The van der Waals surface area contributed by atoms with Gasteiger partial charge in [-0.1, -0.05) is 40.6 Å². The summed E-state index contributed by atoms with van der Waals surface area (Å²) in [6.07, 6.45) is 2.64. The Balaban J connectivity index is 1.80. The van der Waals surface area contributed by atoms with E-state index < -0.39 is 0 Å². The van der Waals surface area contributed by atoms with Crippen LogP contribution in [0.25, 0.3) is 17.4 Å². The predicted molar refractivity (Wildman–Crippen MR) is 96.6 cm³/mol. The standard InChI is InChI=1S/C17H12Cl2N2O2S/c18-11-3-1-4-12(19)15(11)13-6-5-10(23-13)9-14-16(22)21-8-2-7-20-17(21)24-14/h1,3-6,9H,2,7-8H2/b14-9-. The Morgan fingerprint density at radius 2 is 2.00 bits per heavy atom.